The van der Waals surface area contributed by atoms with E-state index < -0.39 is 5.97 Å². The van der Waals surface area contributed by atoms with Crippen molar-refractivity contribution in [3.63, 3.8) is 0 Å². The van der Waals surface area contributed by atoms with E-state index in [1.165, 1.54) is 0 Å². The molecule has 0 saturated carbocycles. The second-order valence-electron chi connectivity index (χ2n) is 6.76. The molecule has 4 rings (SSSR count). The molecule has 2 aromatic carbocycles. The minimum Gasteiger partial charge on any atom is -0.478 e. The molecule has 28 heavy (non-hydrogen) atoms. The number of carboxylic acid groups (broad SMARTS) is 1. The van der Waals surface area contributed by atoms with Crippen molar-refractivity contribution in [2.75, 3.05) is 36.5 Å². The van der Waals surface area contributed by atoms with Gasteiger partial charge in [0.15, 0.2) is 0 Å². The third-order valence-corrected chi connectivity index (χ3v) is 5.32. The summed E-state index contributed by atoms with van der Waals surface area (Å²) in [7, 11) is 0. The standard InChI is InChI=1S/C21H20BrN3O3/c1-13-2-4-18(16(10-13)21(26)27)24-20-15-11-14(22)3-5-17(15)23-12-19(20)25-6-8-28-9-7-25/h2-5,10-12H,6-9H2,1H3,(H,23,24)(H,26,27). The molecule has 7 heteroatoms. The quantitative estimate of drug-likeness (QED) is 0.616. The number of carboxylic acids is 1. The molecule has 1 aliphatic heterocycles. The monoisotopic (exact) mass is 441 g/mol. The Morgan fingerprint density at radius 3 is 2.75 bits per heavy atom. The van der Waals surface area contributed by atoms with Gasteiger partial charge in [-0.05, 0) is 37.3 Å². The molecule has 2 N–H and O–H groups in total. The van der Waals surface area contributed by atoms with Gasteiger partial charge in [0.25, 0.3) is 0 Å². The maximum atomic E-state index is 11.8. The Bertz CT molecular complexity index is 1050. The zero-order valence-corrected chi connectivity index (χ0v) is 17.0. The van der Waals surface area contributed by atoms with Gasteiger partial charge in [-0.1, -0.05) is 27.6 Å². The van der Waals surface area contributed by atoms with Crippen molar-refractivity contribution >= 4 is 49.9 Å². The average Bonchev–Trinajstić information content (AvgIpc) is 2.70. The predicted molar refractivity (Wildman–Crippen MR) is 114 cm³/mol. The summed E-state index contributed by atoms with van der Waals surface area (Å²) in [6.45, 7) is 4.71. The average molecular weight is 442 g/mol. The van der Waals surface area contributed by atoms with Gasteiger partial charge >= 0.3 is 5.97 Å². The molecular formula is C21H20BrN3O3. The first-order chi connectivity index (χ1) is 13.5. The van der Waals surface area contributed by atoms with Crippen molar-refractivity contribution in [3.05, 3.63) is 58.2 Å². The number of anilines is 3. The molecule has 0 unspecified atom stereocenters. The van der Waals surface area contributed by atoms with Crippen LogP contribution < -0.4 is 10.2 Å². The number of nitrogens with zero attached hydrogens (tertiary/aromatic N) is 2. The van der Waals surface area contributed by atoms with Gasteiger partial charge in [-0.3, -0.25) is 4.98 Å². The number of aromatic nitrogens is 1. The van der Waals surface area contributed by atoms with E-state index in [0.717, 1.165) is 45.4 Å². The highest BCUT2D eigenvalue weighted by atomic mass is 79.9. The zero-order chi connectivity index (χ0) is 19.7. The van der Waals surface area contributed by atoms with Crippen molar-refractivity contribution < 1.29 is 14.6 Å². The first kappa shape index (κ1) is 18.7. The molecule has 144 valence electrons. The van der Waals surface area contributed by atoms with E-state index in [1.54, 1.807) is 6.07 Å². The topological polar surface area (TPSA) is 74.7 Å². The highest BCUT2D eigenvalue weighted by Crippen LogP contribution is 2.37. The molecule has 1 aromatic heterocycles. The number of carbonyl (C=O) groups is 1. The van der Waals surface area contributed by atoms with Crippen LogP contribution in [0.3, 0.4) is 0 Å². The number of halogens is 1. The van der Waals surface area contributed by atoms with Crippen molar-refractivity contribution in [1.29, 1.82) is 0 Å². The Balaban J connectivity index is 1.88. The summed E-state index contributed by atoms with van der Waals surface area (Å²) in [5.74, 6) is -0.960. The lowest BCUT2D eigenvalue weighted by atomic mass is 10.1. The summed E-state index contributed by atoms with van der Waals surface area (Å²) >= 11 is 3.54. The molecule has 0 radical (unpaired) electrons. The van der Waals surface area contributed by atoms with Crippen molar-refractivity contribution in [3.8, 4) is 0 Å². The van der Waals surface area contributed by atoms with E-state index in [0.29, 0.717) is 18.9 Å². The maximum absolute atomic E-state index is 11.8. The molecule has 0 bridgehead atoms. The van der Waals surface area contributed by atoms with Gasteiger partial charge in [-0.15, -0.1) is 0 Å². The Hall–Kier alpha value is -2.64. The van der Waals surface area contributed by atoms with E-state index in [2.05, 4.69) is 31.1 Å². The summed E-state index contributed by atoms with van der Waals surface area (Å²) < 4.78 is 6.42. The third kappa shape index (κ3) is 3.68. The minimum atomic E-state index is -0.960. The lowest BCUT2D eigenvalue weighted by molar-refractivity contribution is 0.0698. The Labute approximate surface area is 171 Å². The molecular weight excluding hydrogens is 422 g/mol. The third-order valence-electron chi connectivity index (χ3n) is 4.83. The van der Waals surface area contributed by atoms with Crippen LogP contribution in [0.15, 0.2) is 47.1 Å². The van der Waals surface area contributed by atoms with Gasteiger partial charge in [0, 0.05) is 22.9 Å². The van der Waals surface area contributed by atoms with Crippen LogP contribution >= 0.6 is 15.9 Å². The number of fused-ring (bicyclic) bond motifs is 1. The van der Waals surface area contributed by atoms with Crippen LogP contribution in [0.5, 0.6) is 0 Å². The molecule has 1 fully saturated rings. The second kappa shape index (κ2) is 7.77. The fourth-order valence-corrected chi connectivity index (χ4v) is 3.77. The lowest BCUT2D eigenvalue weighted by Crippen LogP contribution is -2.36. The number of aromatic carboxylic acids is 1. The molecule has 0 atom stereocenters. The van der Waals surface area contributed by atoms with Crippen LogP contribution in [0.25, 0.3) is 10.9 Å². The van der Waals surface area contributed by atoms with Crippen molar-refractivity contribution in [2.45, 2.75) is 6.92 Å². The molecule has 6 nitrogen and oxygen atoms in total. The molecule has 2 heterocycles. The van der Waals surface area contributed by atoms with E-state index in [4.69, 9.17) is 4.74 Å². The zero-order valence-electron chi connectivity index (χ0n) is 15.4. The van der Waals surface area contributed by atoms with Gasteiger partial charge in [-0.25, -0.2) is 4.79 Å². The van der Waals surface area contributed by atoms with E-state index in [-0.39, 0.29) is 5.56 Å². The second-order valence-corrected chi connectivity index (χ2v) is 7.67. The summed E-state index contributed by atoms with van der Waals surface area (Å²) in [5, 5.41) is 14.0. The van der Waals surface area contributed by atoms with Crippen LogP contribution in [0.2, 0.25) is 0 Å². The Morgan fingerprint density at radius 2 is 2.00 bits per heavy atom. The highest BCUT2D eigenvalue weighted by molar-refractivity contribution is 9.10. The summed E-state index contributed by atoms with van der Waals surface area (Å²) in [5.41, 5.74) is 4.32. The van der Waals surface area contributed by atoms with Crippen LogP contribution in [0, 0.1) is 6.92 Å². The minimum absolute atomic E-state index is 0.243. The number of aryl methyl sites for hydroxylation is 1. The van der Waals surface area contributed by atoms with Gasteiger partial charge < -0.3 is 20.1 Å². The van der Waals surface area contributed by atoms with Crippen LogP contribution in [-0.2, 0) is 4.74 Å². The van der Waals surface area contributed by atoms with Crippen LogP contribution in [0.1, 0.15) is 15.9 Å². The SMILES string of the molecule is Cc1ccc(Nc2c(N3CCOCC3)cnc3ccc(Br)cc23)c(C(=O)O)c1. The summed E-state index contributed by atoms with van der Waals surface area (Å²) in [6, 6.07) is 11.3. The summed E-state index contributed by atoms with van der Waals surface area (Å²) in [4.78, 5) is 18.6. The van der Waals surface area contributed by atoms with E-state index in [1.807, 2.05) is 43.5 Å². The van der Waals surface area contributed by atoms with Crippen LogP contribution in [-0.4, -0.2) is 42.4 Å². The van der Waals surface area contributed by atoms with Gasteiger partial charge in [0.05, 0.1) is 47.6 Å². The van der Waals surface area contributed by atoms with Gasteiger partial charge in [0.2, 0.25) is 0 Å². The number of rotatable bonds is 4. The number of pyridine rings is 1. The lowest BCUT2D eigenvalue weighted by Gasteiger charge is -2.31. The maximum Gasteiger partial charge on any atom is 0.337 e. The fourth-order valence-electron chi connectivity index (χ4n) is 3.41. The number of hydrogen-bond acceptors (Lipinski definition) is 5. The smallest absolute Gasteiger partial charge is 0.337 e. The van der Waals surface area contributed by atoms with E-state index in [9.17, 15) is 9.90 Å². The summed E-state index contributed by atoms with van der Waals surface area (Å²) in [6.07, 6.45) is 1.85. The molecule has 3 aromatic rings. The van der Waals surface area contributed by atoms with Crippen molar-refractivity contribution in [1.82, 2.24) is 4.98 Å². The number of benzene rings is 2. The Morgan fingerprint density at radius 1 is 1.21 bits per heavy atom. The highest BCUT2D eigenvalue weighted by Gasteiger charge is 2.20. The van der Waals surface area contributed by atoms with E-state index >= 15 is 0 Å². The number of ether oxygens (including phenoxy) is 1. The Kier molecular flexibility index (Phi) is 5.19. The molecule has 0 amide bonds. The molecule has 0 aliphatic carbocycles. The van der Waals surface area contributed by atoms with Crippen molar-refractivity contribution in [2.24, 2.45) is 0 Å². The number of nitrogens with one attached hydrogen (secondary N) is 1. The molecule has 0 spiro atoms. The molecule has 1 aliphatic rings. The number of hydrogen-bond donors (Lipinski definition) is 2. The normalized spacial score (nSPS) is 14.3. The predicted octanol–water partition coefficient (Wildman–Crippen LogP) is 4.58. The van der Waals surface area contributed by atoms with Crippen LogP contribution in [0.4, 0.5) is 17.1 Å². The first-order valence-corrected chi connectivity index (χ1v) is 9.84. The van der Waals surface area contributed by atoms with Gasteiger partial charge in [-0.2, -0.15) is 0 Å². The van der Waals surface area contributed by atoms with Gasteiger partial charge in [0.1, 0.15) is 0 Å². The first-order valence-electron chi connectivity index (χ1n) is 9.05. The molecule has 1 saturated heterocycles. The number of morpholine rings is 1. The fraction of sp³-hybridized carbons (Fsp3) is 0.238. The largest absolute Gasteiger partial charge is 0.478 e.